The topological polar surface area (TPSA) is 95.2 Å². The predicted octanol–water partition coefficient (Wildman–Crippen LogP) is 2.60. The third kappa shape index (κ3) is 3.41. The van der Waals surface area contributed by atoms with Gasteiger partial charge in [-0.15, -0.1) is 0 Å². The number of carbonyl (C=O) groups excluding carboxylic acids is 3. The van der Waals surface area contributed by atoms with Crippen LogP contribution in [0.1, 0.15) is 43.2 Å². The van der Waals surface area contributed by atoms with Crippen LogP contribution in [0.5, 0.6) is 0 Å². The Bertz CT molecular complexity index is 992. The summed E-state index contributed by atoms with van der Waals surface area (Å²) in [6.45, 7) is 4.83. The molecule has 0 aliphatic carbocycles. The van der Waals surface area contributed by atoms with E-state index in [0.717, 1.165) is 21.7 Å². The van der Waals surface area contributed by atoms with Crippen LogP contribution in [0.25, 0.3) is 0 Å². The Labute approximate surface area is 168 Å². The minimum absolute atomic E-state index is 0.379. The molecule has 3 heterocycles. The standard InChI is InChI=1S/C21H22N4O4/c1-13-6-8-14(9-7-13)15-11-16(17-5-4-10-29-17)25(23-15)18(26)12-24-19(27)21(2,3)22-20(24)28/h4-10,16H,11-12H2,1-3H3,(H,22,28)/t16-/m0/s1. The van der Waals surface area contributed by atoms with Gasteiger partial charge in [0.1, 0.15) is 23.9 Å². The average molecular weight is 394 g/mol. The Hall–Kier alpha value is -3.42. The summed E-state index contributed by atoms with van der Waals surface area (Å²) in [6, 6.07) is 10.4. The number of urea groups is 1. The number of aryl methyl sites for hydroxylation is 1. The molecule has 1 atom stereocenters. The van der Waals surface area contributed by atoms with Gasteiger partial charge in [-0.1, -0.05) is 29.8 Å². The van der Waals surface area contributed by atoms with Crippen molar-refractivity contribution in [3.05, 3.63) is 59.5 Å². The largest absolute Gasteiger partial charge is 0.467 e. The van der Waals surface area contributed by atoms with E-state index in [2.05, 4.69) is 10.4 Å². The van der Waals surface area contributed by atoms with Gasteiger partial charge < -0.3 is 9.73 Å². The molecule has 8 heteroatoms. The molecule has 1 saturated heterocycles. The molecule has 2 aliphatic rings. The quantitative estimate of drug-likeness (QED) is 0.807. The molecule has 150 valence electrons. The van der Waals surface area contributed by atoms with Crippen molar-refractivity contribution in [2.75, 3.05) is 6.54 Å². The number of carbonyl (C=O) groups is 3. The molecule has 2 aromatic rings. The number of amides is 4. The molecule has 0 radical (unpaired) electrons. The van der Waals surface area contributed by atoms with Crippen LogP contribution < -0.4 is 5.32 Å². The molecule has 1 aromatic carbocycles. The summed E-state index contributed by atoms with van der Waals surface area (Å²) in [6.07, 6.45) is 2.02. The van der Waals surface area contributed by atoms with Gasteiger partial charge in [-0.25, -0.2) is 9.80 Å². The number of furan rings is 1. The zero-order valence-corrected chi connectivity index (χ0v) is 16.5. The number of hydrogen-bond acceptors (Lipinski definition) is 5. The van der Waals surface area contributed by atoms with Crippen LogP contribution >= 0.6 is 0 Å². The number of hydrogen-bond donors (Lipinski definition) is 1. The molecule has 0 unspecified atom stereocenters. The smallest absolute Gasteiger partial charge is 0.325 e. The lowest BCUT2D eigenvalue weighted by atomic mass is 10.0. The number of rotatable bonds is 4. The van der Waals surface area contributed by atoms with Gasteiger partial charge in [0.15, 0.2) is 0 Å². The fourth-order valence-corrected chi connectivity index (χ4v) is 3.53. The number of nitrogens with one attached hydrogen (secondary N) is 1. The van der Waals surface area contributed by atoms with Crippen LogP contribution in [0.3, 0.4) is 0 Å². The SMILES string of the molecule is Cc1ccc(C2=NN(C(=O)CN3C(=O)NC(C)(C)C3=O)[C@H](c3ccco3)C2)cc1. The first-order valence-electron chi connectivity index (χ1n) is 9.40. The summed E-state index contributed by atoms with van der Waals surface area (Å²) in [5.74, 6) is -0.288. The fraction of sp³-hybridized carbons (Fsp3) is 0.333. The van der Waals surface area contributed by atoms with Crippen molar-refractivity contribution in [2.24, 2.45) is 5.10 Å². The van der Waals surface area contributed by atoms with Crippen molar-refractivity contribution in [3.63, 3.8) is 0 Å². The van der Waals surface area contributed by atoms with Crippen molar-refractivity contribution in [3.8, 4) is 0 Å². The van der Waals surface area contributed by atoms with Crippen molar-refractivity contribution >= 4 is 23.6 Å². The molecular weight excluding hydrogens is 372 g/mol. The van der Waals surface area contributed by atoms with Crippen molar-refractivity contribution in [1.82, 2.24) is 15.2 Å². The number of imide groups is 1. The van der Waals surface area contributed by atoms with E-state index < -0.39 is 29.4 Å². The molecule has 29 heavy (non-hydrogen) atoms. The van der Waals surface area contributed by atoms with Gasteiger partial charge in [0.2, 0.25) is 0 Å². The van der Waals surface area contributed by atoms with Gasteiger partial charge in [-0.2, -0.15) is 5.10 Å². The van der Waals surface area contributed by atoms with E-state index in [1.54, 1.807) is 32.2 Å². The minimum Gasteiger partial charge on any atom is -0.467 e. The first-order valence-corrected chi connectivity index (χ1v) is 9.40. The molecule has 4 amide bonds. The van der Waals surface area contributed by atoms with E-state index in [4.69, 9.17) is 4.42 Å². The van der Waals surface area contributed by atoms with E-state index in [0.29, 0.717) is 12.2 Å². The Morgan fingerprint density at radius 3 is 2.55 bits per heavy atom. The lowest BCUT2D eigenvalue weighted by Crippen LogP contribution is -2.43. The van der Waals surface area contributed by atoms with Crippen LogP contribution in [0.4, 0.5) is 4.79 Å². The van der Waals surface area contributed by atoms with E-state index in [9.17, 15) is 14.4 Å². The molecule has 0 bridgehead atoms. The summed E-state index contributed by atoms with van der Waals surface area (Å²) in [5.41, 5.74) is 1.76. The molecule has 0 spiro atoms. The molecule has 2 aliphatic heterocycles. The van der Waals surface area contributed by atoms with Gasteiger partial charge in [0.05, 0.1) is 12.0 Å². The van der Waals surface area contributed by atoms with Crippen LogP contribution in [0.2, 0.25) is 0 Å². The Morgan fingerprint density at radius 2 is 1.97 bits per heavy atom. The average Bonchev–Trinajstić information content (AvgIpc) is 3.38. The molecule has 8 nitrogen and oxygen atoms in total. The fourth-order valence-electron chi connectivity index (χ4n) is 3.53. The van der Waals surface area contributed by atoms with Crippen LogP contribution in [-0.4, -0.2) is 45.5 Å². The summed E-state index contributed by atoms with van der Waals surface area (Å²) < 4.78 is 5.52. The van der Waals surface area contributed by atoms with Crippen LogP contribution in [0, 0.1) is 6.92 Å². The van der Waals surface area contributed by atoms with Crippen molar-refractivity contribution < 1.29 is 18.8 Å². The second-order valence-corrected chi connectivity index (χ2v) is 7.83. The van der Waals surface area contributed by atoms with E-state index >= 15 is 0 Å². The highest BCUT2D eigenvalue weighted by molar-refractivity contribution is 6.09. The summed E-state index contributed by atoms with van der Waals surface area (Å²) in [5, 5.41) is 8.42. The summed E-state index contributed by atoms with van der Waals surface area (Å²) >= 11 is 0. The van der Waals surface area contributed by atoms with Gasteiger partial charge in [0.25, 0.3) is 11.8 Å². The highest BCUT2D eigenvalue weighted by Crippen LogP contribution is 2.33. The third-order valence-electron chi connectivity index (χ3n) is 5.16. The maximum absolute atomic E-state index is 13.0. The van der Waals surface area contributed by atoms with E-state index in [-0.39, 0.29) is 6.54 Å². The van der Waals surface area contributed by atoms with Crippen molar-refractivity contribution in [1.29, 1.82) is 0 Å². The Kier molecular flexibility index (Phi) is 4.49. The first kappa shape index (κ1) is 18.9. The van der Waals surface area contributed by atoms with E-state index in [1.165, 1.54) is 5.01 Å². The number of benzene rings is 1. The first-order chi connectivity index (χ1) is 13.8. The van der Waals surface area contributed by atoms with Crippen LogP contribution in [0.15, 0.2) is 52.2 Å². The molecule has 1 fully saturated rings. The predicted molar refractivity (Wildman–Crippen MR) is 105 cm³/mol. The number of nitrogens with zero attached hydrogens (tertiary/aromatic N) is 3. The molecule has 4 rings (SSSR count). The minimum atomic E-state index is -1.03. The van der Waals surface area contributed by atoms with Gasteiger partial charge in [0, 0.05) is 6.42 Å². The number of hydrazone groups is 1. The highest BCUT2D eigenvalue weighted by atomic mass is 16.3. The van der Waals surface area contributed by atoms with Gasteiger partial charge in [-0.05, 0) is 38.5 Å². The molecule has 1 aromatic heterocycles. The maximum Gasteiger partial charge on any atom is 0.325 e. The van der Waals surface area contributed by atoms with Gasteiger partial charge >= 0.3 is 6.03 Å². The second kappa shape index (κ2) is 6.88. The highest BCUT2D eigenvalue weighted by Gasteiger charge is 2.46. The normalized spacial score (nSPS) is 20.8. The van der Waals surface area contributed by atoms with Crippen molar-refractivity contribution in [2.45, 2.75) is 38.8 Å². The summed E-state index contributed by atoms with van der Waals surface area (Å²) in [7, 11) is 0. The molecule has 0 saturated carbocycles. The summed E-state index contributed by atoms with van der Waals surface area (Å²) in [4.78, 5) is 38.6. The zero-order valence-electron chi connectivity index (χ0n) is 16.5. The Balaban J connectivity index is 1.61. The lowest BCUT2D eigenvalue weighted by molar-refractivity contribution is -0.139. The second-order valence-electron chi connectivity index (χ2n) is 7.83. The maximum atomic E-state index is 13.0. The lowest BCUT2D eigenvalue weighted by Gasteiger charge is -2.22. The Morgan fingerprint density at radius 1 is 1.24 bits per heavy atom. The third-order valence-corrected chi connectivity index (χ3v) is 5.16. The van der Waals surface area contributed by atoms with Crippen LogP contribution in [-0.2, 0) is 9.59 Å². The molecular formula is C21H22N4O4. The molecule has 1 N–H and O–H groups in total. The van der Waals surface area contributed by atoms with Gasteiger partial charge in [-0.3, -0.25) is 14.5 Å². The zero-order chi connectivity index (χ0) is 20.8. The monoisotopic (exact) mass is 394 g/mol. The van der Waals surface area contributed by atoms with E-state index in [1.807, 2.05) is 31.2 Å².